The molecule has 2 aromatic carbocycles. The molecule has 0 aliphatic rings. The van der Waals surface area contributed by atoms with Crippen LogP contribution in [0.4, 0.5) is 4.39 Å². The Morgan fingerprint density at radius 3 is 2.37 bits per heavy atom. The van der Waals surface area contributed by atoms with Crippen molar-refractivity contribution in [1.82, 2.24) is 5.43 Å². The number of nitrogens with two attached hydrogens (primary N) is 1. The average Bonchev–Trinajstić information content (AvgIpc) is 2.37. The van der Waals surface area contributed by atoms with E-state index in [2.05, 4.69) is 21.4 Å². The molecule has 0 radical (unpaired) electrons. The molecule has 100 valence electrons. The molecule has 0 aliphatic carbocycles. The molecule has 3 N–H and O–H groups in total. The van der Waals surface area contributed by atoms with Crippen molar-refractivity contribution in [2.75, 3.05) is 0 Å². The van der Waals surface area contributed by atoms with E-state index in [1.807, 2.05) is 0 Å². The Morgan fingerprint density at radius 1 is 1.16 bits per heavy atom. The van der Waals surface area contributed by atoms with Crippen molar-refractivity contribution < 1.29 is 4.39 Å². The van der Waals surface area contributed by atoms with Gasteiger partial charge in [0.15, 0.2) is 0 Å². The van der Waals surface area contributed by atoms with Gasteiger partial charge >= 0.3 is 0 Å². The third-order valence-corrected chi connectivity index (χ3v) is 3.88. The van der Waals surface area contributed by atoms with Gasteiger partial charge in [0.25, 0.3) is 0 Å². The fourth-order valence-corrected chi connectivity index (χ4v) is 2.85. The molecule has 2 nitrogen and oxygen atoms in total. The summed E-state index contributed by atoms with van der Waals surface area (Å²) in [6.07, 6.45) is 0. The highest BCUT2D eigenvalue weighted by Gasteiger charge is 2.21. The Labute approximate surface area is 128 Å². The largest absolute Gasteiger partial charge is 0.271 e. The van der Waals surface area contributed by atoms with Crippen LogP contribution in [-0.2, 0) is 0 Å². The third-order valence-electron chi connectivity index (χ3n) is 2.72. The lowest BCUT2D eigenvalue weighted by Gasteiger charge is -2.20. The quantitative estimate of drug-likeness (QED) is 0.624. The van der Waals surface area contributed by atoms with Crippen molar-refractivity contribution in [3.63, 3.8) is 0 Å². The molecule has 0 bridgehead atoms. The number of hydrazine groups is 1. The summed E-state index contributed by atoms with van der Waals surface area (Å²) in [5.74, 6) is 5.16. The Balaban J connectivity index is 2.59. The van der Waals surface area contributed by atoms with E-state index in [0.29, 0.717) is 21.2 Å². The van der Waals surface area contributed by atoms with Gasteiger partial charge in [0.2, 0.25) is 0 Å². The second-order valence-corrected chi connectivity index (χ2v) is 5.63. The second kappa shape index (κ2) is 6.20. The van der Waals surface area contributed by atoms with Gasteiger partial charge in [-0.25, -0.2) is 9.82 Å². The second-order valence-electron chi connectivity index (χ2n) is 3.90. The molecule has 1 atom stereocenters. The van der Waals surface area contributed by atoms with Crippen LogP contribution in [0.15, 0.2) is 40.9 Å². The maximum atomic E-state index is 14.0. The first-order valence-corrected chi connectivity index (χ1v) is 6.94. The minimum atomic E-state index is -0.626. The topological polar surface area (TPSA) is 38.0 Å². The number of hydrogen-bond donors (Lipinski definition) is 2. The van der Waals surface area contributed by atoms with Crippen LogP contribution in [0.1, 0.15) is 17.2 Å². The molecule has 2 aromatic rings. The van der Waals surface area contributed by atoms with Crippen LogP contribution in [-0.4, -0.2) is 0 Å². The molecule has 2 rings (SSSR count). The zero-order valence-corrected chi connectivity index (χ0v) is 12.7. The van der Waals surface area contributed by atoms with Crippen LogP contribution in [0, 0.1) is 5.82 Å². The van der Waals surface area contributed by atoms with Gasteiger partial charge in [-0.1, -0.05) is 45.2 Å². The summed E-state index contributed by atoms with van der Waals surface area (Å²) in [6.45, 7) is 0. The van der Waals surface area contributed by atoms with Crippen LogP contribution in [0.3, 0.4) is 0 Å². The van der Waals surface area contributed by atoms with Gasteiger partial charge in [-0.2, -0.15) is 0 Å². The molecule has 19 heavy (non-hydrogen) atoms. The third kappa shape index (κ3) is 3.09. The summed E-state index contributed by atoms with van der Waals surface area (Å²) < 4.78 is 14.7. The summed E-state index contributed by atoms with van der Waals surface area (Å²) >= 11 is 15.6. The highest BCUT2D eigenvalue weighted by atomic mass is 79.9. The van der Waals surface area contributed by atoms with E-state index in [0.717, 1.165) is 4.47 Å². The summed E-state index contributed by atoms with van der Waals surface area (Å²) in [7, 11) is 0. The predicted octanol–water partition coefficient (Wildman–Crippen LogP) is 4.45. The van der Waals surface area contributed by atoms with E-state index in [1.165, 1.54) is 6.07 Å². The van der Waals surface area contributed by atoms with Gasteiger partial charge < -0.3 is 0 Å². The Kier molecular flexibility index (Phi) is 4.81. The molecule has 0 saturated heterocycles. The normalized spacial score (nSPS) is 12.5. The molecule has 0 spiro atoms. The lowest BCUT2D eigenvalue weighted by molar-refractivity contribution is 0.560. The Morgan fingerprint density at radius 2 is 1.79 bits per heavy atom. The van der Waals surface area contributed by atoms with Gasteiger partial charge in [0.05, 0.1) is 6.04 Å². The standard InChI is InChI=1S/C13H10BrCl2FN2/c14-7-4-5-11(17)8(6-7)13(19-18)12-9(15)2-1-3-10(12)16/h1-6,13,19H,18H2. The lowest BCUT2D eigenvalue weighted by atomic mass is 9.98. The Bertz CT molecular complexity index is 587. The summed E-state index contributed by atoms with van der Waals surface area (Å²) in [4.78, 5) is 0. The molecule has 0 fully saturated rings. The fourth-order valence-electron chi connectivity index (χ4n) is 1.85. The van der Waals surface area contributed by atoms with Crippen LogP contribution in [0.5, 0.6) is 0 Å². The number of nitrogens with one attached hydrogen (secondary N) is 1. The average molecular weight is 364 g/mol. The molecule has 1 unspecified atom stereocenters. The summed E-state index contributed by atoms with van der Waals surface area (Å²) in [5, 5.41) is 0.852. The van der Waals surface area contributed by atoms with E-state index < -0.39 is 6.04 Å². The minimum Gasteiger partial charge on any atom is -0.271 e. The predicted molar refractivity (Wildman–Crippen MR) is 79.7 cm³/mol. The molecule has 0 aliphatic heterocycles. The molecule has 0 amide bonds. The first-order chi connectivity index (χ1) is 9.04. The number of rotatable bonds is 3. The fraction of sp³-hybridized carbons (Fsp3) is 0.0769. The van der Waals surface area contributed by atoms with Crippen molar-refractivity contribution in [3.8, 4) is 0 Å². The number of hydrogen-bond acceptors (Lipinski definition) is 2. The van der Waals surface area contributed by atoms with Gasteiger partial charge in [0.1, 0.15) is 5.82 Å². The number of halogens is 4. The highest BCUT2D eigenvalue weighted by Crippen LogP contribution is 2.35. The van der Waals surface area contributed by atoms with Gasteiger partial charge in [-0.05, 0) is 30.3 Å². The van der Waals surface area contributed by atoms with Crippen molar-refractivity contribution in [2.24, 2.45) is 5.84 Å². The zero-order valence-electron chi connectivity index (χ0n) is 9.63. The van der Waals surface area contributed by atoms with Crippen molar-refractivity contribution in [3.05, 3.63) is 67.9 Å². The summed E-state index contributed by atoms with van der Waals surface area (Å²) in [6, 6.07) is 9.07. The van der Waals surface area contributed by atoms with Gasteiger partial charge in [-0.15, -0.1) is 0 Å². The smallest absolute Gasteiger partial charge is 0.128 e. The SMILES string of the molecule is NNC(c1cc(Br)ccc1F)c1c(Cl)cccc1Cl. The minimum absolute atomic E-state index is 0.367. The van der Waals surface area contributed by atoms with Crippen molar-refractivity contribution in [2.45, 2.75) is 6.04 Å². The van der Waals surface area contributed by atoms with Crippen LogP contribution >= 0.6 is 39.1 Å². The van der Waals surface area contributed by atoms with Crippen molar-refractivity contribution in [1.29, 1.82) is 0 Å². The van der Waals surface area contributed by atoms with E-state index in [1.54, 1.807) is 30.3 Å². The molecule has 0 aromatic heterocycles. The highest BCUT2D eigenvalue weighted by molar-refractivity contribution is 9.10. The van der Waals surface area contributed by atoms with E-state index in [9.17, 15) is 4.39 Å². The molecule has 0 heterocycles. The van der Waals surface area contributed by atoms with Crippen LogP contribution in [0.25, 0.3) is 0 Å². The molecule has 0 saturated carbocycles. The zero-order chi connectivity index (χ0) is 14.0. The first-order valence-electron chi connectivity index (χ1n) is 5.39. The van der Waals surface area contributed by atoms with Crippen molar-refractivity contribution >= 4 is 39.1 Å². The van der Waals surface area contributed by atoms with E-state index in [-0.39, 0.29) is 5.82 Å². The lowest BCUT2D eigenvalue weighted by Crippen LogP contribution is -2.30. The van der Waals surface area contributed by atoms with E-state index >= 15 is 0 Å². The Hall–Kier alpha value is -0.650. The van der Waals surface area contributed by atoms with E-state index in [4.69, 9.17) is 29.0 Å². The first kappa shape index (κ1) is 14.8. The monoisotopic (exact) mass is 362 g/mol. The summed E-state index contributed by atoms with van der Waals surface area (Å²) in [5.41, 5.74) is 3.47. The van der Waals surface area contributed by atoms with Gasteiger partial charge in [-0.3, -0.25) is 5.84 Å². The maximum absolute atomic E-state index is 14.0. The maximum Gasteiger partial charge on any atom is 0.128 e. The molecular formula is C13H10BrCl2FN2. The molecule has 6 heteroatoms. The van der Waals surface area contributed by atoms with Crippen LogP contribution in [0.2, 0.25) is 10.0 Å². The molecular weight excluding hydrogens is 354 g/mol. The van der Waals surface area contributed by atoms with Gasteiger partial charge in [0, 0.05) is 25.6 Å². The van der Waals surface area contributed by atoms with Crippen LogP contribution < -0.4 is 11.3 Å². The number of benzene rings is 2.